The largest absolute Gasteiger partial charge is 0.350 e. The van der Waals surface area contributed by atoms with Crippen molar-refractivity contribution in [1.29, 1.82) is 0 Å². The van der Waals surface area contributed by atoms with Crippen LogP contribution in [0.2, 0.25) is 0 Å². The van der Waals surface area contributed by atoms with E-state index in [1.165, 1.54) is 4.90 Å². The van der Waals surface area contributed by atoms with Gasteiger partial charge in [0.1, 0.15) is 6.04 Å². The van der Waals surface area contributed by atoms with E-state index in [0.717, 1.165) is 5.56 Å². The summed E-state index contributed by atoms with van der Waals surface area (Å²) >= 11 is 0. The van der Waals surface area contributed by atoms with Gasteiger partial charge in [-0.2, -0.15) is 0 Å². The first-order chi connectivity index (χ1) is 15.2. The fourth-order valence-corrected chi connectivity index (χ4v) is 4.26. The summed E-state index contributed by atoms with van der Waals surface area (Å²) in [5.74, 6) is -1.57. The third kappa shape index (κ3) is 5.26. The Morgan fingerprint density at radius 2 is 1.62 bits per heavy atom. The van der Waals surface area contributed by atoms with E-state index in [1.54, 1.807) is 6.07 Å². The summed E-state index contributed by atoms with van der Waals surface area (Å²) in [7, 11) is 0. The van der Waals surface area contributed by atoms with Gasteiger partial charge >= 0.3 is 0 Å². The number of allylic oxidation sites excluding steroid dienone is 2. The molecule has 7 heteroatoms. The molecule has 3 atom stereocenters. The third-order valence-electron chi connectivity index (χ3n) is 6.04. The van der Waals surface area contributed by atoms with Crippen molar-refractivity contribution in [3.05, 3.63) is 42.0 Å². The Kier molecular flexibility index (Phi) is 7.48. The number of nitrogens with one attached hydrogen (secondary N) is 2. The fraction of sp³-hybridized carbons (Fsp3) is 0.520. The minimum Gasteiger partial charge on any atom is -0.350 e. The molecular weight excluding hydrogens is 406 g/mol. The molecule has 0 aromatic heterocycles. The number of hydrogen-bond acceptors (Lipinski definition) is 4. The van der Waals surface area contributed by atoms with Crippen molar-refractivity contribution in [3.8, 4) is 0 Å². The van der Waals surface area contributed by atoms with Gasteiger partial charge in [0, 0.05) is 18.2 Å². The summed E-state index contributed by atoms with van der Waals surface area (Å²) in [6.45, 7) is 7.83. The zero-order valence-corrected chi connectivity index (χ0v) is 19.3. The van der Waals surface area contributed by atoms with E-state index < -0.39 is 6.04 Å². The average Bonchev–Trinajstić information content (AvgIpc) is 3.01. The summed E-state index contributed by atoms with van der Waals surface area (Å²) in [5.41, 5.74) is 1.48. The summed E-state index contributed by atoms with van der Waals surface area (Å²) in [4.78, 5) is 52.3. The van der Waals surface area contributed by atoms with Crippen LogP contribution < -0.4 is 10.6 Å². The first kappa shape index (κ1) is 23.7. The van der Waals surface area contributed by atoms with E-state index >= 15 is 0 Å². The Bertz CT molecular complexity index is 896. The standard InChI is InChI=1S/C25H33N3O4/c1-15(2)12-21(28-24(31)19-10-5-6-11-20(19)25(28)32)23(30)26-14-17-8-7-9-18(13-17)27-22(29)16(3)4/h5-9,13,15-16,19-21H,10-12,14H2,1-4H3,(H,26,30)(H,27,29)/t19-,20+,21-/m0/s1. The topological polar surface area (TPSA) is 95.6 Å². The molecule has 0 radical (unpaired) electrons. The van der Waals surface area contributed by atoms with E-state index in [2.05, 4.69) is 10.6 Å². The predicted octanol–water partition coefficient (Wildman–Crippen LogP) is 3.26. The number of benzene rings is 1. The highest BCUT2D eigenvalue weighted by Gasteiger charge is 2.51. The average molecular weight is 440 g/mol. The van der Waals surface area contributed by atoms with Crippen LogP contribution in [0.3, 0.4) is 0 Å². The second-order valence-corrected chi connectivity index (χ2v) is 9.41. The van der Waals surface area contributed by atoms with Gasteiger partial charge < -0.3 is 10.6 Å². The maximum Gasteiger partial charge on any atom is 0.243 e. The molecule has 2 aliphatic rings. The molecule has 3 rings (SSSR count). The normalized spacial score (nSPS) is 21.1. The fourth-order valence-electron chi connectivity index (χ4n) is 4.26. The van der Waals surface area contributed by atoms with E-state index in [9.17, 15) is 19.2 Å². The van der Waals surface area contributed by atoms with Crippen LogP contribution >= 0.6 is 0 Å². The molecule has 1 aromatic rings. The predicted molar refractivity (Wildman–Crippen MR) is 122 cm³/mol. The summed E-state index contributed by atoms with van der Waals surface area (Å²) in [6.07, 6.45) is 5.41. The van der Waals surface area contributed by atoms with Crippen LogP contribution in [0.15, 0.2) is 36.4 Å². The van der Waals surface area contributed by atoms with Crippen molar-refractivity contribution in [2.45, 2.75) is 59.5 Å². The quantitative estimate of drug-likeness (QED) is 0.480. The van der Waals surface area contributed by atoms with Crippen molar-refractivity contribution in [2.75, 3.05) is 5.32 Å². The molecule has 32 heavy (non-hydrogen) atoms. The number of carbonyl (C=O) groups excluding carboxylic acids is 4. The molecule has 1 aromatic carbocycles. The second-order valence-electron chi connectivity index (χ2n) is 9.41. The van der Waals surface area contributed by atoms with Crippen molar-refractivity contribution < 1.29 is 19.2 Å². The van der Waals surface area contributed by atoms with Gasteiger partial charge in [-0.05, 0) is 42.9 Å². The molecule has 2 N–H and O–H groups in total. The Labute approximate surface area is 189 Å². The monoisotopic (exact) mass is 439 g/mol. The molecule has 1 saturated heterocycles. The number of hydrogen-bond donors (Lipinski definition) is 2. The van der Waals surface area contributed by atoms with Gasteiger partial charge in [0.2, 0.25) is 23.6 Å². The van der Waals surface area contributed by atoms with E-state index in [-0.39, 0.29) is 53.8 Å². The van der Waals surface area contributed by atoms with Gasteiger partial charge in [-0.3, -0.25) is 24.1 Å². The molecule has 4 amide bonds. The lowest BCUT2D eigenvalue weighted by atomic mass is 9.85. The number of amides is 4. The Morgan fingerprint density at radius 1 is 1.00 bits per heavy atom. The minimum atomic E-state index is -0.815. The number of rotatable bonds is 8. The molecule has 7 nitrogen and oxygen atoms in total. The van der Waals surface area contributed by atoms with Gasteiger partial charge in [-0.25, -0.2) is 0 Å². The van der Waals surface area contributed by atoms with Crippen LogP contribution in [0.4, 0.5) is 5.69 Å². The molecule has 1 fully saturated rings. The maximum absolute atomic E-state index is 13.1. The molecule has 0 bridgehead atoms. The van der Waals surface area contributed by atoms with Crippen LogP contribution in [-0.2, 0) is 25.7 Å². The highest BCUT2D eigenvalue weighted by Crippen LogP contribution is 2.37. The van der Waals surface area contributed by atoms with E-state index in [1.807, 2.05) is 58.0 Å². The first-order valence-electron chi connectivity index (χ1n) is 11.4. The van der Waals surface area contributed by atoms with Gasteiger partial charge in [-0.15, -0.1) is 0 Å². The second kappa shape index (κ2) is 10.1. The van der Waals surface area contributed by atoms with Crippen molar-refractivity contribution in [3.63, 3.8) is 0 Å². The van der Waals surface area contributed by atoms with Crippen LogP contribution in [0.1, 0.15) is 52.5 Å². The summed E-state index contributed by atoms with van der Waals surface area (Å²) in [5, 5.41) is 5.74. The lowest BCUT2D eigenvalue weighted by Crippen LogP contribution is -2.50. The molecule has 1 heterocycles. The molecular formula is C25H33N3O4. The Balaban J connectivity index is 1.70. The Morgan fingerprint density at radius 3 is 2.19 bits per heavy atom. The van der Waals surface area contributed by atoms with Crippen LogP contribution in [0, 0.1) is 23.7 Å². The number of likely N-dealkylation sites (tertiary alicyclic amines) is 1. The van der Waals surface area contributed by atoms with E-state index in [4.69, 9.17) is 0 Å². The van der Waals surface area contributed by atoms with Crippen LogP contribution in [-0.4, -0.2) is 34.6 Å². The number of imide groups is 1. The van der Waals surface area contributed by atoms with Crippen LogP contribution in [0.25, 0.3) is 0 Å². The zero-order valence-electron chi connectivity index (χ0n) is 19.3. The number of anilines is 1. The molecule has 0 unspecified atom stereocenters. The molecule has 1 aliphatic heterocycles. The maximum atomic E-state index is 13.1. The third-order valence-corrected chi connectivity index (χ3v) is 6.04. The van der Waals surface area contributed by atoms with Crippen molar-refractivity contribution in [1.82, 2.24) is 10.2 Å². The highest BCUT2D eigenvalue weighted by molar-refractivity contribution is 6.08. The highest BCUT2D eigenvalue weighted by atomic mass is 16.2. The van der Waals surface area contributed by atoms with Gasteiger partial charge in [0.15, 0.2) is 0 Å². The smallest absolute Gasteiger partial charge is 0.243 e. The number of fused-ring (bicyclic) bond motifs is 1. The molecule has 172 valence electrons. The van der Waals surface area contributed by atoms with Crippen molar-refractivity contribution in [2.24, 2.45) is 23.7 Å². The molecule has 1 aliphatic carbocycles. The van der Waals surface area contributed by atoms with E-state index in [0.29, 0.717) is 24.9 Å². The summed E-state index contributed by atoms with van der Waals surface area (Å²) < 4.78 is 0. The van der Waals surface area contributed by atoms with Crippen molar-refractivity contribution >= 4 is 29.3 Å². The van der Waals surface area contributed by atoms with Gasteiger partial charge in [0.05, 0.1) is 11.8 Å². The zero-order chi connectivity index (χ0) is 23.4. The summed E-state index contributed by atoms with van der Waals surface area (Å²) in [6, 6.07) is 6.46. The minimum absolute atomic E-state index is 0.0785. The first-order valence-corrected chi connectivity index (χ1v) is 11.4. The Hall–Kier alpha value is -2.96. The SMILES string of the molecule is CC(C)C[C@@H](C(=O)NCc1cccc(NC(=O)C(C)C)c1)N1C(=O)[C@H]2CC=CC[C@H]2C1=O. The molecule has 0 spiro atoms. The lowest BCUT2D eigenvalue weighted by molar-refractivity contribution is -0.148. The lowest BCUT2D eigenvalue weighted by Gasteiger charge is -2.27. The van der Waals surface area contributed by atoms with Crippen LogP contribution in [0.5, 0.6) is 0 Å². The molecule has 0 saturated carbocycles. The number of nitrogens with zero attached hydrogens (tertiary/aromatic N) is 1. The number of carbonyl (C=O) groups is 4. The van der Waals surface area contributed by atoms with Gasteiger partial charge in [0.25, 0.3) is 0 Å². The van der Waals surface area contributed by atoms with Gasteiger partial charge in [-0.1, -0.05) is 52.0 Å².